The van der Waals surface area contributed by atoms with Crippen molar-refractivity contribution in [1.29, 1.82) is 0 Å². The molecular weight excluding hydrogens is 291 g/mol. The Balaban J connectivity index is 2.04. The second-order valence-corrected chi connectivity index (χ2v) is 5.26. The van der Waals surface area contributed by atoms with Crippen molar-refractivity contribution in [3.63, 3.8) is 0 Å². The molecular formula is C16H16ClFN2O. The summed E-state index contributed by atoms with van der Waals surface area (Å²) < 4.78 is 13.7. The zero-order valence-electron chi connectivity index (χ0n) is 11.9. The maximum absolute atomic E-state index is 13.7. The molecule has 0 aromatic heterocycles. The predicted octanol–water partition coefficient (Wildman–Crippen LogP) is 4.45. The number of benzene rings is 2. The number of carbonyl (C=O) groups is 1. The molecule has 2 aromatic rings. The molecule has 2 amide bonds. The molecule has 0 fully saturated rings. The molecule has 110 valence electrons. The quantitative estimate of drug-likeness (QED) is 0.892. The highest BCUT2D eigenvalue weighted by Gasteiger charge is 2.14. The summed E-state index contributed by atoms with van der Waals surface area (Å²) in [5.41, 5.74) is 2.11. The zero-order valence-corrected chi connectivity index (χ0v) is 12.6. The molecule has 2 aromatic carbocycles. The minimum Gasteiger partial charge on any atom is -0.323 e. The molecule has 21 heavy (non-hydrogen) atoms. The second kappa shape index (κ2) is 6.59. The monoisotopic (exact) mass is 306 g/mol. The van der Waals surface area contributed by atoms with Gasteiger partial charge in [0.1, 0.15) is 5.82 Å². The fourth-order valence-electron chi connectivity index (χ4n) is 1.85. The van der Waals surface area contributed by atoms with Crippen LogP contribution >= 0.6 is 11.6 Å². The minimum atomic E-state index is -0.419. The number of rotatable bonds is 3. The van der Waals surface area contributed by atoms with Crippen molar-refractivity contribution in [2.24, 2.45) is 0 Å². The summed E-state index contributed by atoms with van der Waals surface area (Å²) in [6.07, 6.45) is 0. The Morgan fingerprint density at radius 3 is 2.52 bits per heavy atom. The summed E-state index contributed by atoms with van der Waals surface area (Å²) in [7, 11) is 1.59. The molecule has 0 aliphatic heterocycles. The Hall–Kier alpha value is -2.07. The molecule has 0 saturated carbocycles. The second-order valence-electron chi connectivity index (χ2n) is 4.85. The van der Waals surface area contributed by atoms with E-state index in [1.54, 1.807) is 13.1 Å². The van der Waals surface area contributed by atoms with Crippen LogP contribution in [-0.4, -0.2) is 18.0 Å². The molecule has 0 bridgehead atoms. The number of anilines is 1. The van der Waals surface area contributed by atoms with Crippen LogP contribution in [0.4, 0.5) is 14.9 Å². The molecule has 2 rings (SSSR count). The van der Waals surface area contributed by atoms with E-state index in [2.05, 4.69) is 5.32 Å². The Morgan fingerprint density at radius 1 is 1.24 bits per heavy atom. The summed E-state index contributed by atoms with van der Waals surface area (Å²) >= 11 is 5.96. The van der Waals surface area contributed by atoms with Gasteiger partial charge in [-0.3, -0.25) is 0 Å². The maximum atomic E-state index is 13.7. The van der Waals surface area contributed by atoms with Gasteiger partial charge in [-0.2, -0.15) is 0 Å². The van der Waals surface area contributed by atoms with Crippen LogP contribution in [0.3, 0.4) is 0 Å². The SMILES string of the molecule is Cc1ccc(NC(=O)N(C)Cc2c(F)cccc2Cl)cc1. The third-order valence-electron chi connectivity index (χ3n) is 3.11. The number of amides is 2. The van der Waals surface area contributed by atoms with Gasteiger partial charge in [0.05, 0.1) is 6.54 Å². The fourth-order valence-corrected chi connectivity index (χ4v) is 2.07. The number of aryl methyl sites for hydroxylation is 1. The lowest BCUT2D eigenvalue weighted by atomic mass is 10.2. The number of hydrogen-bond donors (Lipinski definition) is 1. The Labute approximate surface area is 128 Å². The first-order chi connectivity index (χ1) is 9.97. The summed E-state index contributed by atoms with van der Waals surface area (Å²) in [6, 6.07) is 11.6. The molecule has 0 spiro atoms. The van der Waals surface area contributed by atoms with E-state index in [4.69, 9.17) is 11.6 Å². The average molecular weight is 307 g/mol. The van der Waals surface area contributed by atoms with E-state index in [0.717, 1.165) is 5.56 Å². The lowest BCUT2D eigenvalue weighted by Gasteiger charge is -2.19. The van der Waals surface area contributed by atoms with Crippen molar-refractivity contribution >= 4 is 23.3 Å². The molecule has 3 nitrogen and oxygen atoms in total. The predicted molar refractivity (Wildman–Crippen MR) is 83.1 cm³/mol. The van der Waals surface area contributed by atoms with Crippen LogP contribution in [0.15, 0.2) is 42.5 Å². The number of halogens is 2. The number of carbonyl (C=O) groups excluding carboxylic acids is 1. The van der Waals surface area contributed by atoms with E-state index in [1.165, 1.54) is 17.0 Å². The largest absolute Gasteiger partial charge is 0.323 e. The molecule has 0 aliphatic carbocycles. The third kappa shape index (κ3) is 3.95. The summed E-state index contributed by atoms with van der Waals surface area (Å²) in [5.74, 6) is -0.419. The highest BCUT2D eigenvalue weighted by Crippen LogP contribution is 2.20. The van der Waals surface area contributed by atoms with Gasteiger partial charge in [0.15, 0.2) is 0 Å². The average Bonchev–Trinajstić information content (AvgIpc) is 2.45. The van der Waals surface area contributed by atoms with Gasteiger partial charge >= 0.3 is 6.03 Å². The van der Waals surface area contributed by atoms with Crippen LogP contribution in [0.25, 0.3) is 0 Å². The molecule has 1 N–H and O–H groups in total. The van der Waals surface area contributed by atoms with Gasteiger partial charge in [0.25, 0.3) is 0 Å². The molecule has 0 atom stereocenters. The van der Waals surface area contributed by atoms with Gasteiger partial charge in [-0.25, -0.2) is 9.18 Å². The standard InChI is InChI=1S/C16H16ClFN2O/c1-11-6-8-12(9-7-11)19-16(21)20(2)10-13-14(17)4-3-5-15(13)18/h3-9H,10H2,1-2H3,(H,19,21). The van der Waals surface area contributed by atoms with Gasteiger partial charge in [-0.1, -0.05) is 35.4 Å². The molecule has 0 unspecified atom stereocenters. The summed E-state index contributed by atoms with van der Waals surface area (Å²) in [6.45, 7) is 2.07. The van der Waals surface area contributed by atoms with Crippen molar-refractivity contribution in [2.75, 3.05) is 12.4 Å². The molecule has 0 aliphatic rings. The molecule has 5 heteroatoms. The smallest absolute Gasteiger partial charge is 0.321 e. The first kappa shape index (κ1) is 15.3. The first-order valence-electron chi connectivity index (χ1n) is 6.49. The van der Waals surface area contributed by atoms with Crippen molar-refractivity contribution in [2.45, 2.75) is 13.5 Å². The van der Waals surface area contributed by atoms with Crippen molar-refractivity contribution in [3.05, 3.63) is 64.4 Å². The zero-order chi connectivity index (χ0) is 15.4. The first-order valence-corrected chi connectivity index (χ1v) is 6.87. The molecule has 0 radical (unpaired) electrons. The van der Waals surface area contributed by atoms with Crippen LogP contribution in [0.2, 0.25) is 5.02 Å². The fraction of sp³-hybridized carbons (Fsp3) is 0.188. The van der Waals surface area contributed by atoms with Crippen molar-refractivity contribution < 1.29 is 9.18 Å². The van der Waals surface area contributed by atoms with Crippen LogP contribution in [0.1, 0.15) is 11.1 Å². The van der Waals surface area contributed by atoms with Crippen LogP contribution in [0.5, 0.6) is 0 Å². The number of hydrogen-bond acceptors (Lipinski definition) is 1. The Kier molecular flexibility index (Phi) is 4.81. The number of nitrogens with zero attached hydrogens (tertiary/aromatic N) is 1. The van der Waals surface area contributed by atoms with Gasteiger partial charge in [-0.05, 0) is 31.2 Å². The van der Waals surface area contributed by atoms with Crippen LogP contribution < -0.4 is 5.32 Å². The number of nitrogens with one attached hydrogen (secondary N) is 1. The number of urea groups is 1. The van der Waals surface area contributed by atoms with Gasteiger partial charge < -0.3 is 10.2 Å². The molecule has 0 heterocycles. The van der Waals surface area contributed by atoms with E-state index in [-0.39, 0.29) is 12.6 Å². The van der Waals surface area contributed by atoms with Gasteiger partial charge in [-0.15, -0.1) is 0 Å². The highest BCUT2D eigenvalue weighted by atomic mass is 35.5. The Bertz CT molecular complexity index is 623. The van der Waals surface area contributed by atoms with E-state index >= 15 is 0 Å². The third-order valence-corrected chi connectivity index (χ3v) is 3.46. The topological polar surface area (TPSA) is 32.3 Å². The van der Waals surface area contributed by atoms with Crippen LogP contribution in [-0.2, 0) is 6.54 Å². The lowest BCUT2D eigenvalue weighted by molar-refractivity contribution is 0.220. The van der Waals surface area contributed by atoms with E-state index in [1.807, 2.05) is 31.2 Å². The highest BCUT2D eigenvalue weighted by molar-refractivity contribution is 6.31. The summed E-state index contributed by atoms with van der Waals surface area (Å²) in [5, 5.41) is 3.06. The van der Waals surface area contributed by atoms with Crippen LogP contribution in [0, 0.1) is 12.7 Å². The lowest BCUT2D eigenvalue weighted by Crippen LogP contribution is -2.31. The van der Waals surface area contributed by atoms with Gasteiger partial charge in [0.2, 0.25) is 0 Å². The Morgan fingerprint density at radius 2 is 1.90 bits per heavy atom. The summed E-state index contributed by atoms with van der Waals surface area (Å²) in [4.78, 5) is 13.5. The maximum Gasteiger partial charge on any atom is 0.321 e. The molecule has 0 saturated heterocycles. The van der Waals surface area contributed by atoms with Crippen molar-refractivity contribution in [1.82, 2.24) is 4.90 Å². The normalized spacial score (nSPS) is 10.3. The van der Waals surface area contributed by atoms with Gasteiger partial charge in [0, 0.05) is 23.3 Å². The minimum absolute atomic E-state index is 0.100. The van der Waals surface area contributed by atoms with E-state index in [0.29, 0.717) is 16.3 Å². The van der Waals surface area contributed by atoms with E-state index < -0.39 is 5.82 Å². The van der Waals surface area contributed by atoms with E-state index in [9.17, 15) is 9.18 Å². The van der Waals surface area contributed by atoms with Crippen molar-refractivity contribution in [3.8, 4) is 0 Å².